The van der Waals surface area contributed by atoms with E-state index in [0.717, 1.165) is 50.2 Å². The molecule has 0 aromatic carbocycles. The summed E-state index contributed by atoms with van der Waals surface area (Å²) in [5.74, 6) is 3.43. The zero-order valence-electron chi connectivity index (χ0n) is 18.0. The van der Waals surface area contributed by atoms with E-state index in [9.17, 15) is 10.2 Å². The van der Waals surface area contributed by atoms with E-state index in [1.165, 1.54) is 38.5 Å². The highest BCUT2D eigenvalue weighted by Crippen LogP contribution is 2.68. The lowest BCUT2D eigenvalue weighted by molar-refractivity contribution is -0.179. The number of hydrogen-bond donors (Lipinski definition) is 2. The average molecular weight is 379 g/mol. The normalized spacial score (nSPS) is 53.3. The Kier molecular flexibility index (Phi) is 5.22. The van der Waals surface area contributed by atoms with Crippen LogP contribution in [0.5, 0.6) is 0 Å². The van der Waals surface area contributed by atoms with Gasteiger partial charge in [-0.3, -0.25) is 0 Å². The Balaban J connectivity index is 1.63. The van der Waals surface area contributed by atoms with Crippen LogP contribution >= 0.6 is 0 Å². The van der Waals surface area contributed by atoms with Gasteiger partial charge in [0.05, 0.1) is 18.3 Å². The van der Waals surface area contributed by atoms with E-state index in [2.05, 4.69) is 13.8 Å². The number of aliphatic hydroxyl groups excluding tert-OH is 1. The van der Waals surface area contributed by atoms with E-state index in [0.29, 0.717) is 17.3 Å². The van der Waals surface area contributed by atoms with Gasteiger partial charge >= 0.3 is 0 Å². The number of aliphatic hydroxyl groups is 2. The van der Waals surface area contributed by atoms with E-state index in [1.807, 2.05) is 13.8 Å². The molecule has 0 heterocycles. The minimum atomic E-state index is -0.485. The maximum atomic E-state index is 10.8. The Morgan fingerprint density at radius 2 is 1.78 bits per heavy atom. The fraction of sp³-hybridized carbons (Fsp3) is 1.00. The van der Waals surface area contributed by atoms with Crippen molar-refractivity contribution in [3.63, 3.8) is 0 Å². The van der Waals surface area contributed by atoms with Crippen LogP contribution in [0.25, 0.3) is 0 Å². The Hall–Kier alpha value is -0.120. The molecule has 4 saturated carbocycles. The largest absolute Gasteiger partial charge is 0.393 e. The van der Waals surface area contributed by atoms with E-state index in [4.69, 9.17) is 4.74 Å². The molecule has 0 aliphatic heterocycles. The van der Waals surface area contributed by atoms with Crippen molar-refractivity contribution in [1.29, 1.82) is 0 Å². The molecular weight excluding hydrogens is 336 g/mol. The predicted octanol–water partition coefficient (Wildman–Crippen LogP) is 4.79. The minimum absolute atomic E-state index is 0.171. The van der Waals surface area contributed by atoms with Crippen LogP contribution in [0.3, 0.4) is 0 Å². The molecule has 0 aromatic rings. The van der Waals surface area contributed by atoms with Crippen molar-refractivity contribution < 1.29 is 14.9 Å². The van der Waals surface area contributed by atoms with Crippen LogP contribution in [0.1, 0.15) is 85.5 Å². The molecule has 0 saturated heterocycles. The lowest BCUT2D eigenvalue weighted by atomic mass is 9.43. The Morgan fingerprint density at radius 1 is 1.00 bits per heavy atom. The smallest absolute Gasteiger partial charge is 0.0622 e. The molecular formula is C24H42O3. The van der Waals surface area contributed by atoms with Gasteiger partial charge < -0.3 is 14.9 Å². The van der Waals surface area contributed by atoms with Crippen molar-refractivity contribution in [3.8, 4) is 0 Å². The third-order valence-corrected chi connectivity index (χ3v) is 9.88. The van der Waals surface area contributed by atoms with Crippen molar-refractivity contribution in [2.45, 2.75) is 97.2 Å². The molecule has 0 bridgehead atoms. The van der Waals surface area contributed by atoms with Gasteiger partial charge in [-0.05, 0) is 119 Å². The van der Waals surface area contributed by atoms with Gasteiger partial charge in [-0.15, -0.1) is 0 Å². The summed E-state index contributed by atoms with van der Waals surface area (Å²) in [5, 5.41) is 21.2. The van der Waals surface area contributed by atoms with Crippen LogP contribution in [0.4, 0.5) is 0 Å². The second-order valence-electron chi connectivity index (χ2n) is 11.2. The number of fused-ring (bicyclic) bond motifs is 5. The van der Waals surface area contributed by atoms with Gasteiger partial charge in [-0.2, -0.15) is 0 Å². The molecule has 0 aromatic heterocycles. The molecule has 2 N–H and O–H groups in total. The molecule has 2 unspecified atom stereocenters. The van der Waals surface area contributed by atoms with Gasteiger partial charge in [0.1, 0.15) is 0 Å². The summed E-state index contributed by atoms with van der Waals surface area (Å²) in [6, 6.07) is 0. The maximum Gasteiger partial charge on any atom is 0.0622 e. The molecule has 3 nitrogen and oxygen atoms in total. The molecule has 27 heavy (non-hydrogen) atoms. The summed E-state index contributed by atoms with van der Waals surface area (Å²) in [6.07, 6.45) is 10.5. The van der Waals surface area contributed by atoms with E-state index >= 15 is 0 Å². The van der Waals surface area contributed by atoms with Crippen LogP contribution in [0.2, 0.25) is 0 Å². The Morgan fingerprint density at radius 3 is 2.48 bits per heavy atom. The number of rotatable bonds is 4. The minimum Gasteiger partial charge on any atom is -0.393 e. The first-order valence-corrected chi connectivity index (χ1v) is 11.7. The van der Waals surface area contributed by atoms with Crippen molar-refractivity contribution in [2.24, 2.45) is 40.4 Å². The summed E-state index contributed by atoms with van der Waals surface area (Å²) >= 11 is 0. The van der Waals surface area contributed by atoms with E-state index < -0.39 is 5.60 Å². The molecule has 0 amide bonds. The van der Waals surface area contributed by atoms with Crippen LogP contribution in [0.15, 0.2) is 0 Å². The van der Waals surface area contributed by atoms with Gasteiger partial charge in [0.2, 0.25) is 0 Å². The summed E-state index contributed by atoms with van der Waals surface area (Å²) in [4.78, 5) is 0. The van der Waals surface area contributed by atoms with Crippen molar-refractivity contribution in [1.82, 2.24) is 0 Å². The predicted molar refractivity (Wildman–Crippen MR) is 108 cm³/mol. The zero-order chi connectivity index (χ0) is 19.4. The zero-order valence-corrected chi connectivity index (χ0v) is 18.0. The third-order valence-electron chi connectivity index (χ3n) is 9.88. The highest BCUT2D eigenvalue weighted by atomic mass is 16.5. The van der Waals surface area contributed by atoms with Crippen LogP contribution in [-0.4, -0.2) is 35.1 Å². The highest BCUT2D eigenvalue weighted by Gasteiger charge is 2.62. The van der Waals surface area contributed by atoms with Crippen LogP contribution in [0, 0.1) is 40.4 Å². The molecule has 3 heteroatoms. The maximum absolute atomic E-state index is 10.8. The van der Waals surface area contributed by atoms with Gasteiger partial charge in [-0.1, -0.05) is 6.92 Å². The SMILES string of the molecule is CCOC[C@]12CCC(C)(O)C[C@@H]1CC[C@H]1[C@@H]3CC[C@H](C(C)O)[C@@]3(C)CC[C@@H]12. The molecule has 0 spiro atoms. The number of ether oxygens (including phenoxy) is 1. The average Bonchev–Trinajstić information content (AvgIpc) is 2.97. The monoisotopic (exact) mass is 378 g/mol. The fourth-order valence-corrected chi connectivity index (χ4v) is 8.64. The van der Waals surface area contributed by atoms with Crippen LogP contribution in [-0.2, 0) is 4.74 Å². The number of hydrogen-bond acceptors (Lipinski definition) is 3. The molecule has 9 atom stereocenters. The Bertz CT molecular complexity index is 544. The first-order chi connectivity index (χ1) is 12.7. The van der Waals surface area contributed by atoms with Gasteiger partial charge in [0.25, 0.3) is 0 Å². The van der Waals surface area contributed by atoms with Gasteiger partial charge in [-0.25, -0.2) is 0 Å². The lowest BCUT2D eigenvalue weighted by Gasteiger charge is -2.62. The lowest BCUT2D eigenvalue weighted by Crippen LogP contribution is -2.58. The summed E-state index contributed by atoms with van der Waals surface area (Å²) < 4.78 is 6.12. The Labute approximate surface area is 166 Å². The van der Waals surface area contributed by atoms with Gasteiger partial charge in [0.15, 0.2) is 0 Å². The van der Waals surface area contributed by atoms with Crippen molar-refractivity contribution >= 4 is 0 Å². The molecule has 4 fully saturated rings. The van der Waals surface area contributed by atoms with Crippen molar-refractivity contribution in [3.05, 3.63) is 0 Å². The topological polar surface area (TPSA) is 49.7 Å². The highest BCUT2D eigenvalue weighted by molar-refractivity contribution is 5.11. The fourth-order valence-electron chi connectivity index (χ4n) is 8.64. The second-order valence-corrected chi connectivity index (χ2v) is 11.2. The summed E-state index contributed by atoms with van der Waals surface area (Å²) in [6.45, 7) is 10.4. The van der Waals surface area contributed by atoms with E-state index in [1.54, 1.807) is 0 Å². The molecule has 156 valence electrons. The summed E-state index contributed by atoms with van der Waals surface area (Å²) in [7, 11) is 0. The molecule has 4 aliphatic rings. The van der Waals surface area contributed by atoms with Crippen LogP contribution < -0.4 is 0 Å². The summed E-state index contributed by atoms with van der Waals surface area (Å²) in [5.41, 5.74) is 0.127. The molecule has 4 rings (SSSR count). The molecule has 4 aliphatic carbocycles. The third kappa shape index (κ3) is 3.11. The van der Waals surface area contributed by atoms with Gasteiger partial charge in [0, 0.05) is 6.61 Å². The van der Waals surface area contributed by atoms with E-state index in [-0.39, 0.29) is 11.5 Å². The first kappa shape index (κ1) is 20.2. The molecule has 0 radical (unpaired) electrons. The van der Waals surface area contributed by atoms with Crippen molar-refractivity contribution in [2.75, 3.05) is 13.2 Å². The standard InChI is InChI=1S/C24H42O3/c1-5-27-15-24-13-12-22(3,26)14-17(24)6-7-18-20-9-8-19(16(2)25)23(20,4)11-10-21(18)24/h16-21,25-26H,5-15H2,1-4H3/t16?,17-,18-,19+,20-,21-,22?,23+,24+/m0/s1. The first-order valence-electron chi connectivity index (χ1n) is 11.7. The quantitative estimate of drug-likeness (QED) is 0.739. The second kappa shape index (κ2) is 6.99.